The predicted octanol–water partition coefficient (Wildman–Crippen LogP) is 5.19. The van der Waals surface area contributed by atoms with E-state index in [0.29, 0.717) is 23.1 Å². The Bertz CT molecular complexity index is 1090. The number of phenols is 1. The van der Waals surface area contributed by atoms with E-state index in [-0.39, 0.29) is 5.75 Å². The molecule has 4 nitrogen and oxygen atoms in total. The van der Waals surface area contributed by atoms with Crippen molar-refractivity contribution in [2.75, 3.05) is 0 Å². The Labute approximate surface area is 156 Å². The molecule has 4 rings (SSSR count). The number of para-hydroxylation sites is 2. The number of aromatic nitrogens is 2. The van der Waals surface area contributed by atoms with E-state index >= 15 is 0 Å². The molecule has 0 aliphatic rings. The van der Waals surface area contributed by atoms with Crippen LogP contribution in [0.4, 0.5) is 5.95 Å². The number of benzene rings is 3. The minimum Gasteiger partial charge on any atom is -0.507 e. The van der Waals surface area contributed by atoms with E-state index in [2.05, 4.69) is 26.7 Å². The quantitative estimate of drug-likeness (QED) is 0.508. The van der Waals surface area contributed by atoms with Crippen molar-refractivity contribution in [1.82, 2.24) is 9.55 Å². The maximum Gasteiger partial charge on any atom is 0.230 e. The molecule has 0 atom stereocenters. The lowest BCUT2D eigenvalue weighted by atomic mass is 10.2. The molecular formula is C21H16ClN3O. The Kier molecular flexibility index (Phi) is 4.42. The molecule has 4 aromatic rings. The highest BCUT2D eigenvalue weighted by atomic mass is 35.5. The normalized spacial score (nSPS) is 11.4. The van der Waals surface area contributed by atoms with Crippen molar-refractivity contribution < 1.29 is 5.11 Å². The van der Waals surface area contributed by atoms with Crippen LogP contribution in [0.2, 0.25) is 5.02 Å². The summed E-state index contributed by atoms with van der Waals surface area (Å²) in [6.07, 6.45) is 1.59. The molecule has 5 heteroatoms. The summed E-state index contributed by atoms with van der Waals surface area (Å²) in [5, 5.41) is 10.5. The number of hydrogen-bond donors (Lipinski definition) is 1. The van der Waals surface area contributed by atoms with E-state index < -0.39 is 0 Å². The lowest BCUT2D eigenvalue weighted by molar-refractivity contribution is 0.474. The summed E-state index contributed by atoms with van der Waals surface area (Å²) >= 11 is 6.01. The van der Waals surface area contributed by atoms with Crippen molar-refractivity contribution in [3.8, 4) is 5.75 Å². The van der Waals surface area contributed by atoms with Gasteiger partial charge in [-0.3, -0.25) is 0 Å². The number of rotatable bonds is 4. The number of aliphatic imine (C=N–C) groups is 1. The third-order valence-corrected chi connectivity index (χ3v) is 4.36. The summed E-state index contributed by atoms with van der Waals surface area (Å²) in [5.74, 6) is 0.707. The number of fused-ring (bicyclic) bond motifs is 1. The van der Waals surface area contributed by atoms with E-state index in [1.54, 1.807) is 24.4 Å². The van der Waals surface area contributed by atoms with Gasteiger partial charge in [-0.15, -0.1) is 0 Å². The van der Waals surface area contributed by atoms with Crippen LogP contribution in [0.25, 0.3) is 11.0 Å². The van der Waals surface area contributed by atoms with Crippen LogP contribution in [0.15, 0.2) is 77.8 Å². The lowest BCUT2D eigenvalue weighted by Gasteiger charge is -2.07. The standard InChI is InChI=1S/C21H16ClN3O/c22-17-10-11-20(26)16(12-17)13-23-21-24-18-8-4-5-9-19(18)25(21)14-15-6-2-1-3-7-15/h1-13,26H,14H2. The van der Waals surface area contributed by atoms with E-state index in [0.717, 1.165) is 16.6 Å². The van der Waals surface area contributed by atoms with Gasteiger partial charge >= 0.3 is 0 Å². The highest BCUT2D eigenvalue weighted by Gasteiger charge is 2.10. The number of halogens is 1. The van der Waals surface area contributed by atoms with Crippen LogP contribution < -0.4 is 0 Å². The molecule has 128 valence electrons. The van der Waals surface area contributed by atoms with E-state index in [1.165, 1.54) is 0 Å². The van der Waals surface area contributed by atoms with E-state index in [9.17, 15) is 5.11 Å². The average Bonchev–Trinajstić information content (AvgIpc) is 3.01. The molecule has 1 aromatic heterocycles. The third-order valence-electron chi connectivity index (χ3n) is 4.13. The van der Waals surface area contributed by atoms with Crippen LogP contribution in [-0.2, 0) is 6.54 Å². The van der Waals surface area contributed by atoms with E-state index in [4.69, 9.17) is 11.6 Å². The van der Waals surface area contributed by atoms with Crippen molar-refractivity contribution in [2.24, 2.45) is 4.99 Å². The van der Waals surface area contributed by atoms with Crippen LogP contribution in [0, 0.1) is 0 Å². The van der Waals surface area contributed by atoms with Gasteiger partial charge in [0.15, 0.2) is 0 Å². The van der Waals surface area contributed by atoms with Crippen molar-refractivity contribution in [3.63, 3.8) is 0 Å². The highest BCUT2D eigenvalue weighted by Crippen LogP contribution is 2.25. The first kappa shape index (κ1) is 16.4. The minimum atomic E-state index is 0.129. The molecule has 0 bridgehead atoms. The molecule has 0 unspecified atom stereocenters. The summed E-state index contributed by atoms with van der Waals surface area (Å²) in [4.78, 5) is 9.15. The second-order valence-corrected chi connectivity index (χ2v) is 6.37. The van der Waals surface area contributed by atoms with Crippen LogP contribution in [0.3, 0.4) is 0 Å². The summed E-state index contributed by atoms with van der Waals surface area (Å²) < 4.78 is 2.06. The summed E-state index contributed by atoms with van der Waals surface area (Å²) in [6.45, 7) is 0.662. The first-order valence-electron chi connectivity index (χ1n) is 8.22. The molecule has 3 aromatic carbocycles. The van der Waals surface area contributed by atoms with E-state index in [1.807, 2.05) is 42.5 Å². The highest BCUT2D eigenvalue weighted by molar-refractivity contribution is 6.30. The lowest BCUT2D eigenvalue weighted by Crippen LogP contribution is -1.99. The SMILES string of the molecule is Oc1ccc(Cl)cc1C=Nc1nc2ccccc2n1Cc1ccccc1. The van der Waals surface area contributed by atoms with Crippen LogP contribution >= 0.6 is 11.6 Å². The van der Waals surface area contributed by atoms with Crippen molar-refractivity contribution >= 4 is 34.8 Å². The summed E-state index contributed by atoms with van der Waals surface area (Å²) in [5.41, 5.74) is 3.61. The van der Waals surface area contributed by atoms with Gasteiger partial charge in [0.1, 0.15) is 5.75 Å². The zero-order valence-corrected chi connectivity index (χ0v) is 14.6. The van der Waals surface area contributed by atoms with Gasteiger partial charge in [0.05, 0.1) is 17.6 Å². The first-order chi connectivity index (χ1) is 12.7. The molecule has 0 aliphatic carbocycles. The maximum atomic E-state index is 9.98. The number of imidazole rings is 1. The third kappa shape index (κ3) is 3.32. The van der Waals surface area contributed by atoms with Gasteiger partial charge in [-0.2, -0.15) is 0 Å². The van der Waals surface area contributed by atoms with Gasteiger partial charge < -0.3 is 9.67 Å². The zero-order chi connectivity index (χ0) is 17.9. The Balaban J connectivity index is 1.78. The van der Waals surface area contributed by atoms with Gasteiger partial charge in [-0.05, 0) is 35.9 Å². The predicted molar refractivity (Wildman–Crippen MR) is 106 cm³/mol. The Hall–Kier alpha value is -3.11. The van der Waals surface area contributed by atoms with Gasteiger partial charge in [0.25, 0.3) is 0 Å². The van der Waals surface area contributed by atoms with Gasteiger partial charge in [0, 0.05) is 16.8 Å². The molecule has 0 amide bonds. The average molecular weight is 362 g/mol. The monoisotopic (exact) mass is 361 g/mol. The molecule has 0 radical (unpaired) electrons. The first-order valence-corrected chi connectivity index (χ1v) is 8.60. The van der Waals surface area contributed by atoms with Crippen LogP contribution in [0.5, 0.6) is 5.75 Å². The molecular weight excluding hydrogens is 346 g/mol. The number of aromatic hydroxyl groups is 1. The Morgan fingerprint density at radius 2 is 1.77 bits per heavy atom. The molecule has 26 heavy (non-hydrogen) atoms. The Morgan fingerprint density at radius 1 is 1.00 bits per heavy atom. The molecule has 1 N–H and O–H groups in total. The van der Waals surface area contributed by atoms with Crippen molar-refractivity contribution in [1.29, 1.82) is 0 Å². The molecule has 0 saturated carbocycles. The fourth-order valence-corrected chi connectivity index (χ4v) is 3.02. The fraction of sp³-hybridized carbons (Fsp3) is 0.0476. The molecule has 0 fully saturated rings. The van der Waals surface area contributed by atoms with Crippen molar-refractivity contribution in [2.45, 2.75) is 6.54 Å². The number of nitrogens with zero attached hydrogens (tertiary/aromatic N) is 3. The summed E-state index contributed by atoms with van der Waals surface area (Å²) in [7, 11) is 0. The molecule has 0 saturated heterocycles. The molecule has 0 aliphatic heterocycles. The maximum absolute atomic E-state index is 9.98. The second kappa shape index (κ2) is 7.02. The molecule has 1 heterocycles. The smallest absolute Gasteiger partial charge is 0.230 e. The summed E-state index contributed by atoms with van der Waals surface area (Å²) in [6, 6.07) is 23.0. The van der Waals surface area contributed by atoms with Gasteiger partial charge in [-0.1, -0.05) is 54.1 Å². The van der Waals surface area contributed by atoms with Gasteiger partial charge in [-0.25, -0.2) is 9.98 Å². The number of hydrogen-bond acceptors (Lipinski definition) is 3. The topological polar surface area (TPSA) is 50.4 Å². The van der Waals surface area contributed by atoms with Gasteiger partial charge in [0.2, 0.25) is 5.95 Å². The largest absolute Gasteiger partial charge is 0.507 e. The van der Waals surface area contributed by atoms with Crippen molar-refractivity contribution in [3.05, 3.63) is 88.9 Å². The fourth-order valence-electron chi connectivity index (χ4n) is 2.84. The van der Waals surface area contributed by atoms with Crippen LogP contribution in [-0.4, -0.2) is 20.9 Å². The number of phenolic OH excluding ortho intramolecular Hbond substituents is 1. The minimum absolute atomic E-state index is 0.129. The van der Waals surface area contributed by atoms with Crippen LogP contribution in [0.1, 0.15) is 11.1 Å². The zero-order valence-electron chi connectivity index (χ0n) is 13.9. The Morgan fingerprint density at radius 3 is 2.62 bits per heavy atom. The second-order valence-electron chi connectivity index (χ2n) is 5.93. The molecule has 0 spiro atoms.